The molecule has 0 amide bonds. The SMILES string of the molecule is CC(=O)C(C)Oc1cncc(Br)c1. The van der Waals surface area contributed by atoms with E-state index < -0.39 is 6.10 Å². The molecule has 4 heteroatoms. The third-order valence-electron chi connectivity index (χ3n) is 1.57. The van der Waals surface area contributed by atoms with E-state index in [4.69, 9.17) is 4.74 Å². The number of rotatable bonds is 3. The lowest BCUT2D eigenvalue weighted by Crippen LogP contribution is -2.20. The lowest BCUT2D eigenvalue weighted by atomic mass is 10.3. The highest BCUT2D eigenvalue weighted by molar-refractivity contribution is 9.10. The largest absolute Gasteiger partial charge is 0.481 e. The van der Waals surface area contributed by atoms with Gasteiger partial charge in [-0.15, -0.1) is 0 Å². The summed E-state index contributed by atoms with van der Waals surface area (Å²) in [6.45, 7) is 3.21. The van der Waals surface area contributed by atoms with E-state index in [0.717, 1.165) is 4.47 Å². The van der Waals surface area contributed by atoms with Gasteiger partial charge in [0, 0.05) is 10.7 Å². The molecule has 1 aromatic heterocycles. The van der Waals surface area contributed by atoms with E-state index in [9.17, 15) is 4.79 Å². The fourth-order valence-electron chi connectivity index (χ4n) is 0.744. The Balaban J connectivity index is 2.69. The minimum absolute atomic E-state index is 0.0000227. The Bertz CT molecular complexity index is 314. The van der Waals surface area contributed by atoms with E-state index in [1.807, 2.05) is 0 Å². The molecule has 0 spiro atoms. The summed E-state index contributed by atoms with van der Waals surface area (Å²) in [6.07, 6.45) is 2.81. The van der Waals surface area contributed by atoms with Crippen LogP contribution >= 0.6 is 15.9 Å². The molecule has 0 aliphatic heterocycles. The maximum atomic E-state index is 10.9. The van der Waals surface area contributed by atoms with Gasteiger partial charge >= 0.3 is 0 Å². The van der Waals surface area contributed by atoms with Gasteiger partial charge in [0.25, 0.3) is 0 Å². The minimum atomic E-state index is -0.420. The summed E-state index contributed by atoms with van der Waals surface area (Å²) >= 11 is 3.26. The van der Waals surface area contributed by atoms with Crippen molar-refractivity contribution >= 4 is 21.7 Å². The van der Waals surface area contributed by atoms with Gasteiger partial charge in [0.2, 0.25) is 0 Å². The standard InChI is InChI=1S/C9H10BrNO2/c1-6(12)7(2)13-9-3-8(10)4-11-5-9/h3-5,7H,1-2H3. The van der Waals surface area contributed by atoms with Crippen molar-refractivity contribution in [1.82, 2.24) is 4.98 Å². The molecule has 1 rings (SSSR count). The van der Waals surface area contributed by atoms with Crippen LogP contribution in [0, 0.1) is 0 Å². The van der Waals surface area contributed by atoms with E-state index >= 15 is 0 Å². The average Bonchev–Trinajstić information content (AvgIpc) is 2.04. The average molecular weight is 244 g/mol. The summed E-state index contributed by atoms with van der Waals surface area (Å²) in [5.74, 6) is 0.594. The van der Waals surface area contributed by atoms with Gasteiger partial charge in [-0.3, -0.25) is 9.78 Å². The number of halogens is 1. The summed E-state index contributed by atoms with van der Waals surface area (Å²) in [7, 11) is 0. The molecule has 1 aromatic rings. The van der Waals surface area contributed by atoms with E-state index in [2.05, 4.69) is 20.9 Å². The number of ether oxygens (including phenoxy) is 1. The second-order valence-electron chi connectivity index (χ2n) is 2.71. The van der Waals surface area contributed by atoms with Crippen molar-refractivity contribution in [2.75, 3.05) is 0 Å². The summed E-state index contributed by atoms with van der Waals surface area (Å²) in [5, 5.41) is 0. The normalized spacial score (nSPS) is 12.2. The second kappa shape index (κ2) is 4.37. The van der Waals surface area contributed by atoms with Crippen LogP contribution in [0.4, 0.5) is 0 Å². The van der Waals surface area contributed by atoms with Gasteiger partial charge in [0.15, 0.2) is 11.9 Å². The monoisotopic (exact) mass is 243 g/mol. The van der Waals surface area contributed by atoms with Gasteiger partial charge in [-0.2, -0.15) is 0 Å². The zero-order chi connectivity index (χ0) is 9.84. The third kappa shape index (κ3) is 3.14. The molecule has 1 heterocycles. The van der Waals surface area contributed by atoms with Crippen molar-refractivity contribution in [3.05, 3.63) is 22.9 Å². The fourth-order valence-corrected chi connectivity index (χ4v) is 1.09. The highest BCUT2D eigenvalue weighted by Crippen LogP contribution is 2.16. The van der Waals surface area contributed by atoms with Gasteiger partial charge in [0.1, 0.15) is 5.75 Å². The quantitative estimate of drug-likeness (QED) is 0.818. The molecule has 0 bridgehead atoms. The first-order valence-electron chi connectivity index (χ1n) is 3.87. The maximum absolute atomic E-state index is 10.9. The number of pyridine rings is 1. The topological polar surface area (TPSA) is 39.2 Å². The zero-order valence-corrected chi connectivity index (χ0v) is 9.04. The van der Waals surface area contributed by atoms with Crippen molar-refractivity contribution < 1.29 is 9.53 Å². The summed E-state index contributed by atoms with van der Waals surface area (Å²) < 4.78 is 6.15. The molecule has 1 unspecified atom stereocenters. The molecular weight excluding hydrogens is 234 g/mol. The van der Waals surface area contributed by atoms with Crippen molar-refractivity contribution in [3.63, 3.8) is 0 Å². The Morgan fingerprint density at radius 2 is 2.31 bits per heavy atom. The molecule has 0 aliphatic carbocycles. The molecule has 0 fully saturated rings. The van der Waals surface area contributed by atoms with Crippen LogP contribution < -0.4 is 4.74 Å². The third-order valence-corrected chi connectivity index (χ3v) is 2.00. The van der Waals surface area contributed by atoms with Crippen LogP contribution in [-0.4, -0.2) is 16.9 Å². The van der Waals surface area contributed by atoms with Crippen LogP contribution in [0.3, 0.4) is 0 Å². The first-order valence-corrected chi connectivity index (χ1v) is 4.66. The number of ketones is 1. The fraction of sp³-hybridized carbons (Fsp3) is 0.333. The smallest absolute Gasteiger partial charge is 0.169 e. The number of aromatic nitrogens is 1. The van der Waals surface area contributed by atoms with E-state index in [1.165, 1.54) is 6.92 Å². The molecule has 0 N–H and O–H groups in total. The zero-order valence-electron chi connectivity index (χ0n) is 7.45. The predicted molar refractivity (Wildman–Crippen MR) is 52.7 cm³/mol. The van der Waals surface area contributed by atoms with Crippen LogP contribution in [0.2, 0.25) is 0 Å². The van der Waals surface area contributed by atoms with Crippen LogP contribution in [-0.2, 0) is 4.79 Å². The number of hydrogen-bond acceptors (Lipinski definition) is 3. The molecule has 0 radical (unpaired) electrons. The Labute approximate surface area is 85.3 Å². The Hall–Kier alpha value is -0.900. The highest BCUT2D eigenvalue weighted by Gasteiger charge is 2.08. The molecule has 0 aliphatic rings. The molecule has 13 heavy (non-hydrogen) atoms. The molecule has 0 saturated heterocycles. The van der Waals surface area contributed by atoms with Crippen LogP contribution in [0.25, 0.3) is 0 Å². The van der Waals surface area contributed by atoms with Crippen molar-refractivity contribution in [1.29, 1.82) is 0 Å². The molecule has 0 aromatic carbocycles. The van der Waals surface area contributed by atoms with Crippen LogP contribution in [0.15, 0.2) is 22.9 Å². The molecule has 0 saturated carbocycles. The lowest BCUT2D eigenvalue weighted by molar-refractivity contribution is -0.122. The number of nitrogens with zero attached hydrogens (tertiary/aromatic N) is 1. The number of carbonyl (C=O) groups excluding carboxylic acids is 1. The van der Waals surface area contributed by atoms with E-state index in [0.29, 0.717) is 5.75 Å². The van der Waals surface area contributed by atoms with Crippen molar-refractivity contribution in [3.8, 4) is 5.75 Å². The molecule has 70 valence electrons. The minimum Gasteiger partial charge on any atom is -0.481 e. The van der Waals surface area contributed by atoms with Gasteiger partial charge in [-0.1, -0.05) is 0 Å². The molecule has 3 nitrogen and oxygen atoms in total. The van der Waals surface area contributed by atoms with Gasteiger partial charge in [-0.25, -0.2) is 0 Å². The number of hydrogen-bond donors (Lipinski definition) is 0. The maximum Gasteiger partial charge on any atom is 0.169 e. The number of carbonyl (C=O) groups is 1. The Morgan fingerprint density at radius 1 is 1.62 bits per heavy atom. The number of Topliss-reactive ketones (excluding diaryl/α,β-unsaturated/α-hetero) is 1. The van der Waals surface area contributed by atoms with Crippen LogP contribution in [0.5, 0.6) is 5.75 Å². The first-order chi connectivity index (χ1) is 6.09. The van der Waals surface area contributed by atoms with E-state index in [1.54, 1.807) is 25.4 Å². The van der Waals surface area contributed by atoms with Crippen molar-refractivity contribution in [2.24, 2.45) is 0 Å². The van der Waals surface area contributed by atoms with Crippen molar-refractivity contribution in [2.45, 2.75) is 20.0 Å². The lowest BCUT2D eigenvalue weighted by Gasteiger charge is -2.10. The predicted octanol–water partition coefficient (Wildman–Crippen LogP) is 2.20. The van der Waals surface area contributed by atoms with Gasteiger partial charge < -0.3 is 4.74 Å². The summed E-state index contributed by atoms with van der Waals surface area (Å²) in [6, 6.07) is 1.77. The molecular formula is C9H10BrNO2. The summed E-state index contributed by atoms with van der Waals surface area (Å²) in [5.41, 5.74) is 0. The van der Waals surface area contributed by atoms with Gasteiger partial charge in [-0.05, 0) is 35.8 Å². The second-order valence-corrected chi connectivity index (χ2v) is 3.63. The Morgan fingerprint density at radius 3 is 2.85 bits per heavy atom. The molecule has 1 atom stereocenters. The summed E-state index contributed by atoms with van der Waals surface area (Å²) in [4.78, 5) is 14.8. The van der Waals surface area contributed by atoms with Gasteiger partial charge in [0.05, 0.1) is 6.20 Å². The van der Waals surface area contributed by atoms with Crippen LogP contribution in [0.1, 0.15) is 13.8 Å². The Kier molecular flexibility index (Phi) is 3.42. The first kappa shape index (κ1) is 10.2. The van der Waals surface area contributed by atoms with E-state index in [-0.39, 0.29) is 5.78 Å². The highest BCUT2D eigenvalue weighted by atomic mass is 79.9.